The zero-order valence-corrected chi connectivity index (χ0v) is 13.2. The van der Waals surface area contributed by atoms with Crippen molar-refractivity contribution in [2.24, 2.45) is 0 Å². The molecule has 0 saturated heterocycles. The zero-order valence-electron chi connectivity index (χ0n) is 13.2. The average molecular weight is 316 g/mol. The average Bonchev–Trinajstić information content (AvgIpc) is 2.51. The fourth-order valence-electron chi connectivity index (χ4n) is 2.16. The normalized spacial score (nSPS) is 10.3. The number of benzene rings is 1. The molecule has 0 aliphatic heterocycles. The number of aromatic nitrogens is 1. The minimum atomic E-state index is -0.300. The first-order chi connectivity index (χ1) is 11.1. The van der Waals surface area contributed by atoms with Gasteiger partial charge in [0.2, 0.25) is 5.91 Å². The van der Waals surface area contributed by atoms with Crippen LogP contribution in [-0.4, -0.2) is 17.5 Å². The molecular weight excluding hydrogens is 295 g/mol. The summed E-state index contributed by atoms with van der Waals surface area (Å²) in [5, 5.41) is 2.85. The Morgan fingerprint density at radius 2 is 2.09 bits per heavy atom. The van der Waals surface area contributed by atoms with Crippen LogP contribution in [-0.2, 0) is 4.79 Å². The maximum absolute atomic E-state index is 13.0. The molecule has 5 heteroatoms. The Morgan fingerprint density at radius 3 is 2.87 bits per heavy atom. The van der Waals surface area contributed by atoms with Crippen LogP contribution in [0.25, 0.3) is 0 Å². The lowest BCUT2D eigenvalue weighted by molar-refractivity contribution is -0.116. The molecule has 0 aliphatic carbocycles. The van der Waals surface area contributed by atoms with E-state index in [9.17, 15) is 9.18 Å². The lowest BCUT2D eigenvalue weighted by Gasteiger charge is -2.07. The van der Waals surface area contributed by atoms with Crippen molar-refractivity contribution in [3.05, 3.63) is 54.1 Å². The smallest absolute Gasteiger partial charge is 0.224 e. The van der Waals surface area contributed by atoms with Gasteiger partial charge in [-0.1, -0.05) is 6.07 Å². The molecule has 0 atom stereocenters. The number of nitrogens with zero attached hydrogens (tertiary/aromatic N) is 1. The van der Waals surface area contributed by atoms with E-state index in [1.807, 2.05) is 13.0 Å². The first kappa shape index (κ1) is 16.9. The van der Waals surface area contributed by atoms with Gasteiger partial charge in [0, 0.05) is 30.1 Å². The van der Waals surface area contributed by atoms with Crippen molar-refractivity contribution < 1.29 is 13.9 Å². The van der Waals surface area contributed by atoms with Gasteiger partial charge in [-0.2, -0.15) is 0 Å². The Labute approximate surface area is 135 Å². The third-order valence-corrected chi connectivity index (χ3v) is 3.29. The zero-order chi connectivity index (χ0) is 16.5. The molecule has 2 rings (SSSR count). The lowest BCUT2D eigenvalue weighted by Crippen LogP contribution is -2.11. The van der Waals surface area contributed by atoms with Crippen LogP contribution < -0.4 is 10.1 Å². The van der Waals surface area contributed by atoms with E-state index in [1.54, 1.807) is 24.4 Å². The second-order valence-corrected chi connectivity index (χ2v) is 5.35. The van der Waals surface area contributed by atoms with Crippen LogP contribution in [0.15, 0.2) is 42.6 Å². The number of amides is 1. The summed E-state index contributed by atoms with van der Waals surface area (Å²) >= 11 is 0. The first-order valence-electron chi connectivity index (χ1n) is 7.74. The Morgan fingerprint density at radius 1 is 1.22 bits per heavy atom. The summed E-state index contributed by atoms with van der Waals surface area (Å²) in [6.45, 7) is 2.41. The Hall–Kier alpha value is -2.43. The highest BCUT2D eigenvalue weighted by Gasteiger charge is 2.03. The van der Waals surface area contributed by atoms with Crippen molar-refractivity contribution in [2.45, 2.75) is 32.6 Å². The van der Waals surface area contributed by atoms with Gasteiger partial charge in [0.05, 0.1) is 6.61 Å². The minimum absolute atomic E-state index is 0.00153. The molecule has 0 radical (unpaired) electrons. The molecule has 4 nitrogen and oxygen atoms in total. The summed E-state index contributed by atoms with van der Waals surface area (Å²) in [5.41, 5.74) is 1.65. The van der Waals surface area contributed by atoms with Crippen molar-refractivity contribution in [1.29, 1.82) is 0 Å². The van der Waals surface area contributed by atoms with Crippen molar-refractivity contribution >= 4 is 11.6 Å². The highest BCUT2D eigenvalue weighted by atomic mass is 19.1. The molecule has 0 spiro atoms. The van der Waals surface area contributed by atoms with Crippen molar-refractivity contribution in [1.82, 2.24) is 4.98 Å². The van der Waals surface area contributed by atoms with E-state index in [0.29, 0.717) is 18.8 Å². The van der Waals surface area contributed by atoms with Crippen LogP contribution >= 0.6 is 0 Å². The van der Waals surface area contributed by atoms with Crippen LogP contribution in [0.1, 0.15) is 31.4 Å². The van der Waals surface area contributed by atoms with Gasteiger partial charge < -0.3 is 10.1 Å². The summed E-state index contributed by atoms with van der Waals surface area (Å²) in [6.07, 6.45) is 4.66. The molecule has 2 aromatic rings. The SMILES string of the molecule is Cc1cc(NC(=O)CCCCCOc2cccc(F)c2)ccn1. The number of unbranched alkanes of at least 4 members (excludes halogenated alkanes) is 2. The molecule has 1 aromatic heterocycles. The predicted molar refractivity (Wildman–Crippen MR) is 88.0 cm³/mol. The van der Waals surface area contributed by atoms with Gasteiger partial charge in [-0.25, -0.2) is 4.39 Å². The van der Waals surface area contributed by atoms with Gasteiger partial charge in [0.15, 0.2) is 0 Å². The second kappa shape index (κ2) is 8.88. The number of anilines is 1. The number of halogens is 1. The highest BCUT2D eigenvalue weighted by molar-refractivity contribution is 5.90. The van der Waals surface area contributed by atoms with Gasteiger partial charge in [-0.3, -0.25) is 9.78 Å². The second-order valence-electron chi connectivity index (χ2n) is 5.35. The molecule has 0 aliphatic rings. The van der Waals surface area contributed by atoms with Gasteiger partial charge in [-0.05, 0) is 50.5 Å². The number of carbonyl (C=O) groups excluding carboxylic acids is 1. The molecule has 23 heavy (non-hydrogen) atoms. The van der Waals surface area contributed by atoms with E-state index in [2.05, 4.69) is 10.3 Å². The van der Waals surface area contributed by atoms with E-state index in [4.69, 9.17) is 4.74 Å². The van der Waals surface area contributed by atoms with Crippen molar-refractivity contribution in [3.8, 4) is 5.75 Å². The van der Waals surface area contributed by atoms with Crippen molar-refractivity contribution in [3.63, 3.8) is 0 Å². The molecule has 1 amide bonds. The number of pyridine rings is 1. The number of ether oxygens (including phenoxy) is 1. The molecule has 0 fully saturated rings. The summed E-state index contributed by atoms with van der Waals surface area (Å²) in [7, 11) is 0. The third-order valence-electron chi connectivity index (χ3n) is 3.29. The quantitative estimate of drug-likeness (QED) is 0.746. The predicted octanol–water partition coefficient (Wildman–Crippen LogP) is 4.11. The summed E-state index contributed by atoms with van der Waals surface area (Å²) in [4.78, 5) is 15.9. The first-order valence-corrected chi connectivity index (χ1v) is 7.74. The number of carbonyl (C=O) groups is 1. The lowest BCUT2D eigenvalue weighted by atomic mass is 10.2. The van der Waals surface area contributed by atoms with E-state index in [1.165, 1.54) is 12.1 Å². The molecule has 1 heterocycles. The molecule has 0 unspecified atom stereocenters. The third kappa shape index (κ3) is 6.46. The Kier molecular flexibility index (Phi) is 6.54. The van der Waals surface area contributed by atoms with Crippen LogP contribution in [0, 0.1) is 12.7 Å². The van der Waals surface area contributed by atoms with Crippen LogP contribution in [0.5, 0.6) is 5.75 Å². The van der Waals surface area contributed by atoms with E-state index in [0.717, 1.165) is 30.6 Å². The topological polar surface area (TPSA) is 51.2 Å². The van der Waals surface area contributed by atoms with Crippen LogP contribution in [0.3, 0.4) is 0 Å². The maximum atomic E-state index is 13.0. The Bertz CT molecular complexity index is 646. The van der Waals surface area contributed by atoms with E-state index < -0.39 is 0 Å². The number of hydrogen-bond donors (Lipinski definition) is 1. The number of rotatable bonds is 8. The number of hydrogen-bond acceptors (Lipinski definition) is 3. The number of aryl methyl sites for hydroxylation is 1. The molecule has 0 bridgehead atoms. The van der Waals surface area contributed by atoms with Gasteiger partial charge in [0.25, 0.3) is 0 Å². The van der Waals surface area contributed by atoms with Crippen LogP contribution in [0.2, 0.25) is 0 Å². The minimum Gasteiger partial charge on any atom is -0.493 e. The maximum Gasteiger partial charge on any atom is 0.224 e. The summed E-state index contributed by atoms with van der Waals surface area (Å²) in [6, 6.07) is 9.71. The Balaban J connectivity index is 1.57. The highest BCUT2D eigenvalue weighted by Crippen LogP contribution is 2.13. The van der Waals surface area contributed by atoms with E-state index >= 15 is 0 Å². The molecule has 1 aromatic carbocycles. The monoisotopic (exact) mass is 316 g/mol. The molecular formula is C18H21FN2O2. The van der Waals surface area contributed by atoms with Gasteiger partial charge in [-0.15, -0.1) is 0 Å². The molecule has 1 N–H and O–H groups in total. The molecule has 0 saturated carbocycles. The fourth-order valence-corrected chi connectivity index (χ4v) is 2.16. The molecule has 122 valence electrons. The van der Waals surface area contributed by atoms with Crippen LogP contribution in [0.4, 0.5) is 10.1 Å². The largest absolute Gasteiger partial charge is 0.493 e. The number of nitrogens with one attached hydrogen (secondary N) is 1. The van der Waals surface area contributed by atoms with Crippen molar-refractivity contribution in [2.75, 3.05) is 11.9 Å². The fraction of sp³-hybridized carbons (Fsp3) is 0.333. The van der Waals surface area contributed by atoms with E-state index in [-0.39, 0.29) is 11.7 Å². The van der Waals surface area contributed by atoms with Gasteiger partial charge in [0.1, 0.15) is 11.6 Å². The summed E-state index contributed by atoms with van der Waals surface area (Å²) < 4.78 is 18.4. The van der Waals surface area contributed by atoms with Gasteiger partial charge >= 0.3 is 0 Å². The summed E-state index contributed by atoms with van der Waals surface area (Å²) in [5.74, 6) is 0.239. The standard InChI is InChI=1S/C18H21FN2O2/c1-14-12-16(9-10-20-14)21-18(22)8-3-2-4-11-23-17-7-5-6-15(19)13-17/h5-7,9-10,12-13H,2-4,8,11H2,1H3,(H,20,21,22).